The molecule has 0 radical (unpaired) electrons. The Morgan fingerprint density at radius 2 is 1.89 bits per heavy atom. The predicted molar refractivity (Wildman–Crippen MR) is 96.9 cm³/mol. The summed E-state index contributed by atoms with van der Waals surface area (Å²) < 4.78 is 49.1. The number of aromatic nitrogens is 2. The monoisotopic (exact) mass is 391 g/mol. The number of carbonyl (C=O) groups excluding carboxylic acids is 1. The molecule has 6 nitrogen and oxygen atoms in total. The number of nitrogens with one attached hydrogen (secondary N) is 1. The van der Waals surface area contributed by atoms with Crippen molar-refractivity contribution in [1.29, 1.82) is 0 Å². The summed E-state index contributed by atoms with van der Waals surface area (Å²) in [6.07, 6.45) is 4.07. The number of halogens is 2. The summed E-state index contributed by atoms with van der Waals surface area (Å²) in [5.41, 5.74) is 1.28. The number of rotatable bonds is 5. The lowest BCUT2D eigenvalue weighted by molar-refractivity contribution is 0.0951. The van der Waals surface area contributed by atoms with Crippen LogP contribution < -0.4 is 5.32 Å². The van der Waals surface area contributed by atoms with E-state index in [0.29, 0.717) is 22.0 Å². The van der Waals surface area contributed by atoms with Crippen LogP contribution in [0, 0.1) is 11.6 Å². The molecule has 0 saturated heterocycles. The third kappa shape index (κ3) is 4.43. The highest BCUT2D eigenvalue weighted by Gasteiger charge is 2.13. The van der Waals surface area contributed by atoms with E-state index in [-0.39, 0.29) is 18.0 Å². The Morgan fingerprint density at radius 3 is 2.59 bits per heavy atom. The Hall–Kier alpha value is -2.94. The summed E-state index contributed by atoms with van der Waals surface area (Å²) in [4.78, 5) is 20.6. The van der Waals surface area contributed by atoms with E-state index in [1.54, 1.807) is 6.07 Å². The molecule has 0 saturated carbocycles. The van der Waals surface area contributed by atoms with Crippen LogP contribution in [-0.2, 0) is 9.84 Å². The van der Waals surface area contributed by atoms with E-state index in [0.717, 1.165) is 18.4 Å². The second-order valence-corrected chi connectivity index (χ2v) is 8.23. The molecule has 140 valence electrons. The van der Waals surface area contributed by atoms with Gasteiger partial charge in [-0.05, 0) is 29.8 Å². The maximum absolute atomic E-state index is 13.6. The SMILES string of the molecule is CS(=O)(=O)CCNC(=O)c1ccc2cncc(-c3ccc(F)c(F)c3)c2n1. The fourth-order valence-electron chi connectivity index (χ4n) is 2.48. The highest BCUT2D eigenvalue weighted by molar-refractivity contribution is 7.90. The van der Waals surface area contributed by atoms with Gasteiger partial charge in [0.25, 0.3) is 5.91 Å². The zero-order chi connectivity index (χ0) is 19.6. The average Bonchev–Trinajstić information content (AvgIpc) is 2.62. The van der Waals surface area contributed by atoms with Crippen LogP contribution in [0.15, 0.2) is 42.7 Å². The van der Waals surface area contributed by atoms with Crippen LogP contribution in [0.1, 0.15) is 10.5 Å². The van der Waals surface area contributed by atoms with Crippen LogP contribution in [-0.4, -0.2) is 42.8 Å². The van der Waals surface area contributed by atoms with Crippen molar-refractivity contribution >= 4 is 26.6 Å². The number of hydrogen-bond donors (Lipinski definition) is 1. The van der Waals surface area contributed by atoms with Gasteiger partial charge in [-0.15, -0.1) is 0 Å². The highest BCUT2D eigenvalue weighted by Crippen LogP contribution is 2.27. The first-order valence-electron chi connectivity index (χ1n) is 7.91. The van der Waals surface area contributed by atoms with E-state index in [1.807, 2.05) is 0 Å². The van der Waals surface area contributed by atoms with Gasteiger partial charge in [0.2, 0.25) is 0 Å². The summed E-state index contributed by atoms with van der Waals surface area (Å²) in [6, 6.07) is 6.55. The maximum Gasteiger partial charge on any atom is 0.269 e. The number of carbonyl (C=O) groups is 1. The van der Waals surface area contributed by atoms with E-state index >= 15 is 0 Å². The van der Waals surface area contributed by atoms with Crippen LogP contribution in [0.25, 0.3) is 22.0 Å². The second kappa shape index (κ2) is 7.36. The normalized spacial score (nSPS) is 11.5. The lowest BCUT2D eigenvalue weighted by atomic mass is 10.0. The quantitative estimate of drug-likeness (QED) is 0.721. The fourth-order valence-corrected chi connectivity index (χ4v) is 2.96. The van der Waals surface area contributed by atoms with Gasteiger partial charge >= 0.3 is 0 Å². The molecule has 27 heavy (non-hydrogen) atoms. The molecule has 3 aromatic rings. The molecule has 1 aromatic carbocycles. The Morgan fingerprint density at radius 1 is 1.11 bits per heavy atom. The van der Waals surface area contributed by atoms with Crippen molar-refractivity contribution in [1.82, 2.24) is 15.3 Å². The topological polar surface area (TPSA) is 89.0 Å². The molecule has 1 amide bonds. The van der Waals surface area contributed by atoms with E-state index < -0.39 is 27.4 Å². The number of nitrogens with zero attached hydrogens (tertiary/aromatic N) is 2. The van der Waals surface area contributed by atoms with Crippen molar-refractivity contribution in [3.05, 3.63) is 60.1 Å². The number of pyridine rings is 2. The van der Waals surface area contributed by atoms with Gasteiger partial charge in [-0.25, -0.2) is 22.2 Å². The first-order chi connectivity index (χ1) is 12.7. The molecule has 2 heterocycles. The lowest BCUT2D eigenvalue weighted by Crippen LogP contribution is -2.29. The van der Waals surface area contributed by atoms with Crippen LogP contribution in [0.2, 0.25) is 0 Å². The molecule has 0 aliphatic rings. The van der Waals surface area contributed by atoms with Gasteiger partial charge in [0.1, 0.15) is 15.5 Å². The predicted octanol–water partition coefficient (Wildman–Crippen LogP) is 2.35. The van der Waals surface area contributed by atoms with E-state index in [1.165, 1.54) is 24.5 Å². The number of fused-ring (bicyclic) bond motifs is 1. The number of amides is 1. The summed E-state index contributed by atoms with van der Waals surface area (Å²) in [6.45, 7) is -0.0379. The minimum Gasteiger partial charge on any atom is -0.350 e. The molecule has 1 N–H and O–H groups in total. The van der Waals surface area contributed by atoms with Gasteiger partial charge in [-0.1, -0.05) is 6.07 Å². The number of sulfone groups is 1. The molecular formula is C18H15F2N3O3S. The number of benzene rings is 1. The van der Waals surface area contributed by atoms with Crippen molar-refractivity contribution < 1.29 is 22.0 Å². The standard InChI is InChI=1S/C18H15F2N3O3S/c1-27(25,26)7-6-22-18(24)16-5-3-12-9-21-10-13(17(12)23-16)11-2-4-14(19)15(20)8-11/h2-5,8-10H,6-7H2,1H3,(H,22,24). The minimum absolute atomic E-state index is 0.0379. The van der Waals surface area contributed by atoms with Crippen LogP contribution in [0.4, 0.5) is 8.78 Å². The van der Waals surface area contributed by atoms with E-state index in [2.05, 4.69) is 15.3 Å². The molecule has 0 bridgehead atoms. The van der Waals surface area contributed by atoms with Gasteiger partial charge in [-0.2, -0.15) is 0 Å². The van der Waals surface area contributed by atoms with Crippen LogP contribution in [0.5, 0.6) is 0 Å². The van der Waals surface area contributed by atoms with Crippen LogP contribution >= 0.6 is 0 Å². The van der Waals surface area contributed by atoms with Crippen molar-refractivity contribution in [3.63, 3.8) is 0 Å². The molecule has 2 aromatic heterocycles. The first kappa shape index (κ1) is 18.8. The van der Waals surface area contributed by atoms with Crippen molar-refractivity contribution in [3.8, 4) is 11.1 Å². The third-order valence-corrected chi connectivity index (χ3v) is 4.77. The van der Waals surface area contributed by atoms with Gasteiger partial charge in [0.05, 0.1) is 11.3 Å². The van der Waals surface area contributed by atoms with Crippen molar-refractivity contribution in [2.24, 2.45) is 0 Å². The minimum atomic E-state index is -3.20. The van der Waals surface area contributed by atoms with Crippen molar-refractivity contribution in [2.45, 2.75) is 0 Å². The highest BCUT2D eigenvalue weighted by atomic mass is 32.2. The van der Waals surface area contributed by atoms with Gasteiger partial charge < -0.3 is 5.32 Å². The molecule has 9 heteroatoms. The first-order valence-corrected chi connectivity index (χ1v) is 9.97. The summed E-state index contributed by atoms with van der Waals surface area (Å²) in [7, 11) is -3.20. The Labute approximate surface area is 154 Å². The fraction of sp³-hybridized carbons (Fsp3) is 0.167. The molecule has 0 aliphatic carbocycles. The van der Waals surface area contributed by atoms with Crippen molar-refractivity contribution in [2.75, 3.05) is 18.6 Å². The molecule has 0 fully saturated rings. The Balaban J connectivity index is 1.96. The third-order valence-electron chi connectivity index (χ3n) is 3.82. The number of hydrogen-bond acceptors (Lipinski definition) is 5. The summed E-state index contributed by atoms with van der Waals surface area (Å²) in [5.74, 6) is -2.69. The van der Waals surface area contributed by atoms with E-state index in [9.17, 15) is 22.0 Å². The summed E-state index contributed by atoms with van der Waals surface area (Å²) >= 11 is 0. The average molecular weight is 391 g/mol. The molecular weight excluding hydrogens is 376 g/mol. The molecule has 0 spiro atoms. The largest absolute Gasteiger partial charge is 0.350 e. The zero-order valence-electron chi connectivity index (χ0n) is 14.2. The Bertz CT molecular complexity index is 1130. The molecule has 0 atom stereocenters. The maximum atomic E-state index is 13.6. The lowest BCUT2D eigenvalue weighted by Gasteiger charge is -2.09. The summed E-state index contributed by atoms with van der Waals surface area (Å²) in [5, 5.41) is 3.11. The molecule has 0 unspecified atom stereocenters. The Kier molecular flexibility index (Phi) is 5.13. The van der Waals surface area contributed by atoms with E-state index in [4.69, 9.17) is 0 Å². The van der Waals surface area contributed by atoms with Crippen LogP contribution in [0.3, 0.4) is 0 Å². The molecule has 3 rings (SSSR count). The van der Waals surface area contributed by atoms with Gasteiger partial charge in [-0.3, -0.25) is 9.78 Å². The molecule has 0 aliphatic heterocycles. The van der Waals surface area contributed by atoms with Gasteiger partial charge in [0, 0.05) is 36.1 Å². The second-order valence-electron chi connectivity index (χ2n) is 5.97. The zero-order valence-corrected chi connectivity index (χ0v) is 15.1. The smallest absolute Gasteiger partial charge is 0.269 e. The van der Waals surface area contributed by atoms with Gasteiger partial charge in [0.15, 0.2) is 11.6 Å².